The molecule has 0 aromatic heterocycles. The van der Waals surface area contributed by atoms with Gasteiger partial charge in [0.1, 0.15) is 5.03 Å². The smallest absolute Gasteiger partial charge is 0.222 e. The zero-order valence-electron chi connectivity index (χ0n) is 7.71. The first-order valence-electron chi connectivity index (χ1n) is 3.95. The Bertz CT molecular complexity index is 523. The molecule has 5 nitrogen and oxygen atoms in total. The van der Waals surface area contributed by atoms with Gasteiger partial charge < -0.3 is 11.5 Å². The van der Waals surface area contributed by atoms with E-state index in [4.69, 9.17) is 16.7 Å². The number of nitrogens with two attached hydrogens (primary N) is 2. The molecule has 0 atom stereocenters. The van der Waals surface area contributed by atoms with Crippen LogP contribution in [0.25, 0.3) is 0 Å². The van der Waals surface area contributed by atoms with Gasteiger partial charge in [0.15, 0.2) is 0 Å². The largest absolute Gasteiger partial charge is 0.402 e. The van der Waals surface area contributed by atoms with Crippen molar-refractivity contribution in [1.82, 2.24) is 0 Å². The minimum Gasteiger partial charge on any atom is -0.402 e. The van der Waals surface area contributed by atoms with E-state index in [0.29, 0.717) is 5.56 Å². The Morgan fingerprint density at radius 1 is 1.33 bits per heavy atom. The normalized spacial score (nSPS) is 12.1. The molecule has 78 valence electrons. The van der Waals surface area contributed by atoms with E-state index in [1.807, 2.05) is 6.07 Å². The summed E-state index contributed by atoms with van der Waals surface area (Å²) in [6, 6.07) is 7.30. The van der Waals surface area contributed by atoms with Crippen LogP contribution in [0.15, 0.2) is 40.4 Å². The summed E-state index contributed by atoms with van der Waals surface area (Å²) in [6.07, 6.45) is 0.827. The molecule has 4 N–H and O–H groups in total. The third-order valence-corrected chi connectivity index (χ3v) is 3.42. The predicted molar refractivity (Wildman–Crippen MR) is 54.8 cm³/mol. The first-order chi connectivity index (χ1) is 7.02. The van der Waals surface area contributed by atoms with E-state index in [0.717, 1.165) is 6.20 Å². The van der Waals surface area contributed by atoms with Crippen LogP contribution < -0.4 is 11.5 Å². The van der Waals surface area contributed by atoms with Gasteiger partial charge in [0.05, 0.1) is 16.5 Å². The highest BCUT2D eigenvalue weighted by molar-refractivity contribution is 7.95. The molecule has 0 aliphatic rings. The van der Waals surface area contributed by atoms with Crippen LogP contribution in [0.5, 0.6) is 0 Å². The molecule has 0 bridgehead atoms. The number of benzene rings is 1. The Balaban J connectivity index is 3.25. The lowest BCUT2D eigenvalue weighted by molar-refractivity contribution is 0.601. The van der Waals surface area contributed by atoms with Gasteiger partial charge in [-0.05, 0) is 24.3 Å². The summed E-state index contributed by atoms with van der Waals surface area (Å²) in [6.45, 7) is 0. The quantitative estimate of drug-likeness (QED) is 0.736. The summed E-state index contributed by atoms with van der Waals surface area (Å²) < 4.78 is 23.2. The van der Waals surface area contributed by atoms with Crippen LogP contribution in [-0.4, -0.2) is 8.42 Å². The van der Waals surface area contributed by atoms with Crippen LogP contribution in [0, 0.1) is 11.3 Å². The summed E-state index contributed by atoms with van der Waals surface area (Å²) in [4.78, 5) is 0.0145. The summed E-state index contributed by atoms with van der Waals surface area (Å²) in [5.74, 6) is 0. The Morgan fingerprint density at radius 2 is 1.87 bits per heavy atom. The van der Waals surface area contributed by atoms with Crippen molar-refractivity contribution >= 4 is 9.84 Å². The lowest BCUT2D eigenvalue weighted by atomic mass is 10.2. The lowest BCUT2D eigenvalue weighted by Gasteiger charge is -2.03. The minimum atomic E-state index is -3.71. The van der Waals surface area contributed by atoms with Crippen molar-refractivity contribution in [2.75, 3.05) is 0 Å². The van der Waals surface area contributed by atoms with Crippen LogP contribution in [0.2, 0.25) is 0 Å². The minimum absolute atomic E-state index is 0.0145. The molecule has 0 radical (unpaired) electrons. The fourth-order valence-corrected chi connectivity index (χ4v) is 1.88. The van der Waals surface area contributed by atoms with Gasteiger partial charge >= 0.3 is 0 Å². The first kappa shape index (κ1) is 11.1. The highest BCUT2D eigenvalue weighted by Crippen LogP contribution is 2.15. The Labute approximate surface area is 87.5 Å². The van der Waals surface area contributed by atoms with E-state index in [1.54, 1.807) is 0 Å². The van der Waals surface area contributed by atoms with E-state index in [9.17, 15) is 8.42 Å². The van der Waals surface area contributed by atoms with Gasteiger partial charge in [-0.3, -0.25) is 0 Å². The summed E-state index contributed by atoms with van der Waals surface area (Å²) in [5.41, 5.74) is 10.6. The van der Waals surface area contributed by atoms with Crippen molar-refractivity contribution in [3.8, 4) is 6.07 Å². The van der Waals surface area contributed by atoms with Crippen LogP contribution in [0.4, 0.5) is 0 Å². The van der Waals surface area contributed by atoms with Gasteiger partial charge in [0, 0.05) is 6.20 Å². The zero-order chi connectivity index (χ0) is 11.5. The maximum absolute atomic E-state index is 11.6. The van der Waals surface area contributed by atoms with Crippen molar-refractivity contribution < 1.29 is 8.42 Å². The molecule has 0 saturated heterocycles. The SMILES string of the molecule is N#Cc1ccc(S(=O)(=O)/C(N)=C/N)cc1. The van der Waals surface area contributed by atoms with Crippen LogP contribution in [-0.2, 0) is 9.84 Å². The van der Waals surface area contributed by atoms with Gasteiger partial charge in [-0.25, -0.2) is 8.42 Å². The molecule has 0 amide bonds. The molecule has 0 heterocycles. The summed E-state index contributed by atoms with van der Waals surface area (Å²) in [5, 5.41) is 8.12. The standard InChI is InChI=1S/C9H9N3O2S/c10-5-7-1-3-8(4-2-7)15(13,14)9(12)6-11/h1-4,6H,11-12H2/b9-6+. The second-order valence-corrected chi connectivity index (χ2v) is 4.66. The van der Waals surface area contributed by atoms with Gasteiger partial charge in [-0.15, -0.1) is 0 Å². The van der Waals surface area contributed by atoms with Crippen molar-refractivity contribution in [3.63, 3.8) is 0 Å². The molecule has 0 saturated carbocycles. The predicted octanol–water partition coefficient (Wildman–Crippen LogP) is 0.0483. The van der Waals surface area contributed by atoms with E-state index in [2.05, 4.69) is 0 Å². The van der Waals surface area contributed by atoms with Crippen LogP contribution >= 0.6 is 0 Å². The highest BCUT2D eigenvalue weighted by Gasteiger charge is 2.17. The number of nitrogens with zero attached hydrogens (tertiary/aromatic N) is 1. The molecule has 6 heteroatoms. The lowest BCUT2D eigenvalue weighted by Crippen LogP contribution is -2.14. The van der Waals surface area contributed by atoms with Crippen molar-refractivity contribution in [1.29, 1.82) is 5.26 Å². The molecular weight excluding hydrogens is 214 g/mol. The van der Waals surface area contributed by atoms with E-state index >= 15 is 0 Å². The molecule has 0 fully saturated rings. The average Bonchev–Trinajstić information content (AvgIpc) is 2.28. The number of hydrogen-bond donors (Lipinski definition) is 2. The zero-order valence-corrected chi connectivity index (χ0v) is 8.53. The van der Waals surface area contributed by atoms with Crippen molar-refractivity contribution in [2.45, 2.75) is 4.90 Å². The molecule has 1 rings (SSSR count). The van der Waals surface area contributed by atoms with Crippen molar-refractivity contribution in [2.24, 2.45) is 11.5 Å². The maximum Gasteiger partial charge on any atom is 0.222 e. The molecule has 1 aromatic rings. The fraction of sp³-hybridized carbons (Fsp3) is 0. The first-order valence-corrected chi connectivity index (χ1v) is 5.43. The molecule has 0 unspecified atom stereocenters. The molecule has 1 aromatic carbocycles. The average molecular weight is 223 g/mol. The summed E-state index contributed by atoms with van der Waals surface area (Å²) >= 11 is 0. The van der Waals surface area contributed by atoms with Crippen LogP contribution in [0.3, 0.4) is 0 Å². The number of hydrogen-bond acceptors (Lipinski definition) is 5. The topological polar surface area (TPSA) is 110 Å². The third-order valence-electron chi connectivity index (χ3n) is 1.77. The number of sulfone groups is 1. The number of nitriles is 1. The summed E-state index contributed by atoms with van der Waals surface area (Å²) in [7, 11) is -3.71. The molecular formula is C9H9N3O2S. The monoisotopic (exact) mass is 223 g/mol. The second kappa shape index (κ2) is 4.02. The Kier molecular flexibility index (Phi) is 2.97. The number of rotatable bonds is 2. The molecule has 15 heavy (non-hydrogen) atoms. The van der Waals surface area contributed by atoms with Crippen molar-refractivity contribution in [3.05, 3.63) is 41.1 Å². The third kappa shape index (κ3) is 2.08. The fourth-order valence-electron chi connectivity index (χ4n) is 0.934. The second-order valence-electron chi connectivity index (χ2n) is 2.71. The molecule has 0 aliphatic carbocycles. The maximum atomic E-state index is 11.6. The highest BCUT2D eigenvalue weighted by atomic mass is 32.2. The van der Waals surface area contributed by atoms with Gasteiger partial charge in [0.2, 0.25) is 9.84 Å². The van der Waals surface area contributed by atoms with Gasteiger partial charge in [-0.1, -0.05) is 0 Å². The van der Waals surface area contributed by atoms with Crippen LogP contribution in [0.1, 0.15) is 5.56 Å². The van der Waals surface area contributed by atoms with E-state index < -0.39 is 14.9 Å². The molecule has 0 spiro atoms. The van der Waals surface area contributed by atoms with Gasteiger partial charge in [0.25, 0.3) is 0 Å². The molecule has 0 aliphatic heterocycles. The van der Waals surface area contributed by atoms with E-state index in [1.165, 1.54) is 24.3 Å². The Hall–Kier alpha value is -2.00. The van der Waals surface area contributed by atoms with E-state index in [-0.39, 0.29) is 4.90 Å². The van der Waals surface area contributed by atoms with Gasteiger partial charge in [-0.2, -0.15) is 5.26 Å². The Morgan fingerprint density at radius 3 is 2.27 bits per heavy atom.